The van der Waals surface area contributed by atoms with Crippen molar-refractivity contribution in [3.8, 4) is 5.69 Å². The van der Waals surface area contributed by atoms with Crippen molar-refractivity contribution in [3.63, 3.8) is 0 Å². The third kappa shape index (κ3) is 1.86. The molecule has 84 valence electrons. The molecule has 3 nitrogen and oxygen atoms in total. The number of nitrogens with zero attached hydrogens (tertiary/aromatic N) is 2. The zero-order chi connectivity index (χ0) is 11.8. The van der Waals surface area contributed by atoms with Crippen molar-refractivity contribution < 1.29 is 13.2 Å². The number of nitrogen functional groups attached to an aromatic ring is 1. The second-order valence-corrected chi connectivity index (χ2v) is 3.22. The number of halogens is 3. The Hall–Kier alpha value is -1.98. The highest BCUT2D eigenvalue weighted by atomic mass is 19.4. The van der Waals surface area contributed by atoms with Crippen molar-refractivity contribution in [2.45, 2.75) is 6.18 Å². The first-order valence-electron chi connectivity index (χ1n) is 4.45. The van der Waals surface area contributed by atoms with Gasteiger partial charge in [-0.1, -0.05) is 6.07 Å². The van der Waals surface area contributed by atoms with E-state index in [0.717, 1.165) is 16.9 Å². The van der Waals surface area contributed by atoms with E-state index < -0.39 is 11.9 Å². The molecule has 0 aliphatic rings. The Kier molecular flexibility index (Phi) is 2.34. The fraction of sp³-hybridized carbons (Fsp3) is 0.100. The molecule has 0 unspecified atom stereocenters. The molecule has 2 rings (SSSR count). The Morgan fingerprint density at radius 2 is 1.94 bits per heavy atom. The van der Waals surface area contributed by atoms with Crippen LogP contribution in [-0.2, 0) is 6.18 Å². The lowest BCUT2D eigenvalue weighted by molar-refractivity contribution is -0.142. The normalized spacial score (nSPS) is 11.7. The summed E-state index contributed by atoms with van der Waals surface area (Å²) in [5, 5.41) is 3.64. The minimum Gasteiger partial charge on any atom is -0.399 e. The number of rotatable bonds is 1. The van der Waals surface area contributed by atoms with Gasteiger partial charge in [-0.25, -0.2) is 4.68 Å². The molecule has 6 heteroatoms. The number of nitrogens with two attached hydrogens (primary N) is 1. The molecular weight excluding hydrogens is 219 g/mol. The molecule has 0 atom stereocenters. The van der Waals surface area contributed by atoms with E-state index in [2.05, 4.69) is 5.10 Å². The second-order valence-electron chi connectivity index (χ2n) is 3.22. The maximum absolute atomic E-state index is 12.6. The fourth-order valence-corrected chi connectivity index (χ4v) is 1.38. The maximum Gasteiger partial charge on any atom is 0.433 e. The molecule has 16 heavy (non-hydrogen) atoms. The van der Waals surface area contributed by atoms with E-state index in [1.807, 2.05) is 0 Å². The predicted molar refractivity (Wildman–Crippen MR) is 53.0 cm³/mol. The quantitative estimate of drug-likeness (QED) is 0.760. The summed E-state index contributed by atoms with van der Waals surface area (Å²) in [4.78, 5) is 0. The van der Waals surface area contributed by atoms with Crippen molar-refractivity contribution in [3.05, 3.63) is 42.2 Å². The SMILES string of the molecule is Nc1cccc(-n2nccc2C(F)(F)F)c1. The Labute approximate surface area is 89.3 Å². The van der Waals surface area contributed by atoms with Crippen LogP contribution in [0.4, 0.5) is 18.9 Å². The summed E-state index contributed by atoms with van der Waals surface area (Å²) < 4.78 is 38.5. The smallest absolute Gasteiger partial charge is 0.399 e. The van der Waals surface area contributed by atoms with E-state index in [9.17, 15) is 13.2 Å². The molecule has 0 aliphatic heterocycles. The molecule has 0 saturated carbocycles. The highest BCUT2D eigenvalue weighted by Gasteiger charge is 2.35. The summed E-state index contributed by atoms with van der Waals surface area (Å²) >= 11 is 0. The lowest BCUT2D eigenvalue weighted by atomic mass is 10.3. The van der Waals surface area contributed by atoms with Crippen molar-refractivity contribution in [2.75, 3.05) is 5.73 Å². The van der Waals surface area contributed by atoms with Gasteiger partial charge >= 0.3 is 6.18 Å². The molecule has 2 aromatic rings. The summed E-state index contributed by atoms with van der Waals surface area (Å²) in [5.41, 5.74) is 5.36. The maximum atomic E-state index is 12.6. The zero-order valence-corrected chi connectivity index (χ0v) is 8.07. The molecule has 2 N–H and O–H groups in total. The first kappa shape index (κ1) is 10.5. The van der Waals surface area contributed by atoms with Gasteiger partial charge in [-0.05, 0) is 24.3 Å². The van der Waals surface area contributed by atoms with Gasteiger partial charge in [-0.15, -0.1) is 0 Å². The van der Waals surface area contributed by atoms with Crippen molar-refractivity contribution >= 4 is 5.69 Å². The Morgan fingerprint density at radius 1 is 1.19 bits per heavy atom. The third-order valence-electron chi connectivity index (χ3n) is 2.05. The summed E-state index contributed by atoms with van der Waals surface area (Å²) in [7, 11) is 0. The van der Waals surface area contributed by atoms with Gasteiger partial charge in [0, 0.05) is 5.69 Å². The van der Waals surface area contributed by atoms with Crippen LogP contribution in [0.1, 0.15) is 5.69 Å². The molecule has 0 radical (unpaired) electrons. The highest BCUT2D eigenvalue weighted by molar-refractivity contribution is 5.47. The highest BCUT2D eigenvalue weighted by Crippen LogP contribution is 2.30. The summed E-state index contributed by atoms with van der Waals surface area (Å²) in [6.45, 7) is 0. The van der Waals surface area contributed by atoms with E-state index in [1.54, 1.807) is 12.1 Å². The number of alkyl halides is 3. The average Bonchev–Trinajstić information content (AvgIpc) is 2.65. The minimum atomic E-state index is -4.43. The van der Waals surface area contributed by atoms with Crippen LogP contribution >= 0.6 is 0 Å². The molecule has 0 bridgehead atoms. The summed E-state index contributed by atoms with van der Waals surface area (Å²) in [6, 6.07) is 7.04. The van der Waals surface area contributed by atoms with Crippen LogP contribution in [0.3, 0.4) is 0 Å². The van der Waals surface area contributed by atoms with E-state index in [-0.39, 0.29) is 5.69 Å². The van der Waals surface area contributed by atoms with Crippen LogP contribution in [0.5, 0.6) is 0 Å². The van der Waals surface area contributed by atoms with Gasteiger partial charge in [0.15, 0.2) is 0 Å². The van der Waals surface area contributed by atoms with Crippen LogP contribution in [0.15, 0.2) is 36.5 Å². The van der Waals surface area contributed by atoms with Crippen molar-refractivity contribution in [2.24, 2.45) is 0 Å². The van der Waals surface area contributed by atoms with Gasteiger partial charge in [0.1, 0.15) is 5.69 Å². The molecule has 1 aromatic heterocycles. The van der Waals surface area contributed by atoms with E-state index in [4.69, 9.17) is 5.73 Å². The van der Waals surface area contributed by atoms with Crippen LogP contribution in [0, 0.1) is 0 Å². The van der Waals surface area contributed by atoms with Crippen LogP contribution in [-0.4, -0.2) is 9.78 Å². The molecular formula is C10H8F3N3. The molecule has 1 heterocycles. The van der Waals surface area contributed by atoms with Gasteiger partial charge in [0.05, 0.1) is 11.9 Å². The molecule has 0 amide bonds. The standard InChI is InChI=1S/C10H8F3N3/c11-10(12,13)9-4-5-15-16(9)8-3-1-2-7(14)6-8/h1-6H,14H2. The molecule has 0 aliphatic carbocycles. The second kappa shape index (κ2) is 3.55. The van der Waals surface area contributed by atoms with Crippen molar-refractivity contribution in [1.29, 1.82) is 0 Å². The molecule has 0 fully saturated rings. The molecule has 1 aromatic carbocycles. The van der Waals surface area contributed by atoms with Gasteiger partial charge < -0.3 is 5.73 Å². The number of hydrogen-bond donors (Lipinski definition) is 1. The van der Waals surface area contributed by atoms with Crippen LogP contribution < -0.4 is 5.73 Å². The first-order chi connectivity index (χ1) is 7.48. The van der Waals surface area contributed by atoms with Gasteiger partial charge in [-0.3, -0.25) is 0 Å². The molecule has 0 saturated heterocycles. The van der Waals surface area contributed by atoms with Crippen LogP contribution in [0.25, 0.3) is 5.69 Å². The largest absolute Gasteiger partial charge is 0.433 e. The lowest BCUT2D eigenvalue weighted by Crippen LogP contribution is -2.13. The van der Waals surface area contributed by atoms with Crippen molar-refractivity contribution in [1.82, 2.24) is 9.78 Å². The topological polar surface area (TPSA) is 43.8 Å². The van der Waals surface area contributed by atoms with Gasteiger partial charge in [0.2, 0.25) is 0 Å². The van der Waals surface area contributed by atoms with Crippen LogP contribution in [0.2, 0.25) is 0 Å². The number of anilines is 1. The van der Waals surface area contributed by atoms with Gasteiger partial charge in [0.25, 0.3) is 0 Å². The average molecular weight is 227 g/mol. The summed E-state index contributed by atoms with van der Waals surface area (Å²) in [5.74, 6) is 0. The summed E-state index contributed by atoms with van der Waals surface area (Å²) in [6.07, 6.45) is -3.33. The first-order valence-corrected chi connectivity index (χ1v) is 4.45. The predicted octanol–water partition coefficient (Wildman–Crippen LogP) is 2.47. The molecule has 0 spiro atoms. The zero-order valence-electron chi connectivity index (χ0n) is 8.07. The number of aromatic nitrogens is 2. The van der Waals surface area contributed by atoms with E-state index in [0.29, 0.717) is 5.69 Å². The third-order valence-corrected chi connectivity index (χ3v) is 2.05. The Bertz CT molecular complexity index is 502. The van der Waals surface area contributed by atoms with Gasteiger partial charge in [-0.2, -0.15) is 18.3 Å². The van der Waals surface area contributed by atoms with E-state index in [1.165, 1.54) is 12.1 Å². The minimum absolute atomic E-state index is 0.289. The monoisotopic (exact) mass is 227 g/mol. The number of hydrogen-bond acceptors (Lipinski definition) is 2. The van der Waals surface area contributed by atoms with E-state index >= 15 is 0 Å². The fourth-order valence-electron chi connectivity index (χ4n) is 1.38. The Morgan fingerprint density at radius 3 is 2.56 bits per heavy atom. The Balaban J connectivity index is 2.53. The lowest BCUT2D eigenvalue weighted by Gasteiger charge is -2.10. The number of benzene rings is 1.